The van der Waals surface area contributed by atoms with Crippen LogP contribution in [0.2, 0.25) is 0 Å². The number of hydrogen-bond donors (Lipinski definition) is 3. The standard InChI is InChI=1S/C30H34N2O4.C17H26N2O4/c1-29(2,3)35-27(33)26(32-28(34)36-30(4,5)6)23-17-19-24(20-18-23)31-25(21-13-9-7-10-14-21)22-15-11-8-12-16-22;1-16(2,3)22-14(20)13(11-7-9-12(18)10-8-11)19-15(21)23-17(4,5)6/h7-20,26H,1-6H3,(H,32,34);7-10,13H,18H2,1-6H3,(H,19,21)/t26-;13-/m00/s1. The Kier molecular flexibility index (Phi) is 16.0. The van der Waals surface area contributed by atoms with Crippen molar-refractivity contribution in [1.82, 2.24) is 10.6 Å². The highest BCUT2D eigenvalue weighted by molar-refractivity contribution is 6.13. The third kappa shape index (κ3) is 17.5. The first-order valence-corrected chi connectivity index (χ1v) is 19.4. The molecular formula is C47H60N4O8. The fourth-order valence-corrected chi connectivity index (χ4v) is 5.18. The van der Waals surface area contributed by atoms with E-state index in [9.17, 15) is 19.2 Å². The molecule has 4 aromatic carbocycles. The van der Waals surface area contributed by atoms with E-state index in [0.717, 1.165) is 16.8 Å². The zero-order valence-electron chi connectivity index (χ0n) is 36.3. The van der Waals surface area contributed by atoms with Crippen LogP contribution >= 0.6 is 0 Å². The van der Waals surface area contributed by atoms with Gasteiger partial charge in [-0.05, 0) is 118 Å². The minimum absolute atomic E-state index is 0.562. The quantitative estimate of drug-likeness (QED) is 0.0645. The summed E-state index contributed by atoms with van der Waals surface area (Å²) in [6.07, 6.45) is -1.39. The molecule has 0 spiro atoms. The molecule has 316 valence electrons. The molecule has 4 rings (SSSR count). The number of nitrogens with two attached hydrogens (primary N) is 1. The van der Waals surface area contributed by atoms with Crippen molar-refractivity contribution in [3.05, 3.63) is 131 Å². The van der Waals surface area contributed by atoms with Crippen molar-refractivity contribution >= 4 is 41.2 Å². The maximum atomic E-state index is 13.0. The van der Waals surface area contributed by atoms with Gasteiger partial charge in [-0.1, -0.05) is 84.9 Å². The Morgan fingerprint density at radius 1 is 0.475 bits per heavy atom. The van der Waals surface area contributed by atoms with Crippen LogP contribution in [0, 0.1) is 0 Å². The monoisotopic (exact) mass is 808 g/mol. The van der Waals surface area contributed by atoms with Gasteiger partial charge in [-0.3, -0.25) is 0 Å². The van der Waals surface area contributed by atoms with Crippen LogP contribution in [-0.4, -0.2) is 52.2 Å². The Morgan fingerprint density at radius 3 is 1.12 bits per heavy atom. The van der Waals surface area contributed by atoms with E-state index in [-0.39, 0.29) is 0 Å². The van der Waals surface area contributed by atoms with Crippen LogP contribution in [0.3, 0.4) is 0 Å². The second kappa shape index (κ2) is 20.0. The third-order valence-corrected chi connectivity index (χ3v) is 7.44. The number of esters is 2. The lowest BCUT2D eigenvalue weighted by molar-refractivity contribution is -0.158. The van der Waals surface area contributed by atoms with Gasteiger partial charge in [-0.2, -0.15) is 0 Å². The lowest BCUT2D eigenvalue weighted by Gasteiger charge is -2.26. The number of benzene rings is 4. The highest BCUT2D eigenvalue weighted by Gasteiger charge is 2.31. The number of amides is 2. The molecule has 2 amide bonds. The number of ether oxygens (including phenoxy) is 4. The van der Waals surface area contributed by atoms with Gasteiger partial charge in [0.1, 0.15) is 22.4 Å². The van der Waals surface area contributed by atoms with E-state index < -0.39 is 58.6 Å². The van der Waals surface area contributed by atoms with Crippen LogP contribution in [0.1, 0.15) is 117 Å². The Morgan fingerprint density at radius 2 is 0.797 bits per heavy atom. The number of rotatable bonds is 9. The van der Waals surface area contributed by atoms with Gasteiger partial charge in [0.05, 0.1) is 11.4 Å². The van der Waals surface area contributed by atoms with Gasteiger partial charge < -0.3 is 35.3 Å². The van der Waals surface area contributed by atoms with E-state index in [1.54, 1.807) is 119 Å². The van der Waals surface area contributed by atoms with Crippen LogP contribution in [0.25, 0.3) is 0 Å². The summed E-state index contributed by atoms with van der Waals surface area (Å²) in [4.78, 5) is 54.8. The number of nitrogen functional groups attached to an aromatic ring is 1. The molecule has 4 N–H and O–H groups in total. The second-order valence-electron chi connectivity index (χ2n) is 17.7. The summed E-state index contributed by atoms with van der Waals surface area (Å²) in [5.74, 6) is -1.13. The fraction of sp³-hybridized carbons (Fsp3) is 0.383. The first kappa shape index (κ1) is 47.2. The second-order valence-corrected chi connectivity index (χ2v) is 17.7. The van der Waals surface area contributed by atoms with Crippen molar-refractivity contribution in [2.75, 3.05) is 5.73 Å². The molecule has 2 atom stereocenters. The molecule has 0 aliphatic rings. The van der Waals surface area contributed by atoms with E-state index in [1.165, 1.54) is 0 Å². The minimum Gasteiger partial charge on any atom is -0.458 e. The average Bonchev–Trinajstić information content (AvgIpc) is 3.11. The molecule has 12 nitrogen and oxygen atoms in total. The van der Waals surface area contributed by atoms with Crippen LogP contribution in [0.5, 0.6) is 0 Å². The summed E-state index contributed by atoms with van der Waals surface area (Å²) in [6.45, 7) is 21.2. The summed E-state index contributed by atoms with van der Waals surface area (Å²) in [5.41, 5.74) is 8.14. The number of alkyl carbamates (subject to hydrolysis) is 2. The van der Waals surface area contributed by atoms with Gasteiger partial charge in [0.25, 0.3) is 0 Å². The molecule has 0 unspecified atom stereocenters. The largest absolute Gasteiger partial charge is 0.458 e. The van der Waals surface area contributed by atoms with E-state index in [0.29, 0.717) is 22.5 Å². The van der Waals surface area contributed by atoms with Crippen LogP contribution in [0.4, 0.5) is 21.0 Å². The van der Waals surface area contributed by atoms with E-state index in [1.807, 2.05) is 72.8 Å². The predicted octanol–water partition coefficient (Wildman–Crippen LogP) is 9.94. The molecule has 0 saturated heterocycles. The number of nitrogens with zero attached hydrogens (tertiary/aromatic N) is 1. The van der Waals surface area contributed by atoms with Gasteiger partial charge in [0.2, 0.25) is 0 Å². The highest BCUT2D eigenvalue weighted by Crippen LogP contribution is 2.25. The molecule has 0 aliphatic carbocycles. The molecule has 59 heavy (non-hydrogen) atoms. The number of anilines is 1. The van der Waals surface area contributed by atoms with Crippen LogP contribution in [0.15, 0.2) is 114 Å². The smallest absolute Gasteiger partial charge is 0.408 e. The SMILES string of the molecule is CC(C)(C)OC(=O)N[C@H](C(=O)OC(C)(C)C)c1ccc(N)cc1.CC(C)(C)OC(=O)N[C@H](C(=O)OC(C)(C)C)c1ccc(N=C(c2ccccc2)c2ccccc2)cc1. The molecule has 4 aromatic rings. The van der Waals surface area contributed by atoms with Crippen LogP contribution in [-0.2, 0) is 28.5 Å². The molecule has 0 fully saturated rings. The molecule has 12 heteroatoms. The minimum atomic E-state index is -1.03. The normalized spacial score (nSPS) is 12.6. The maximum Gasteiger partial charge on any atom is 0.408 e. The van der Waals surface area contributed by atoms with E-state index in [2.05, 4.69) is 10.6 Å². The fourth-order valence-electron chi connectivity index (χ4n) is 5.18. The number of carbonyl (C=O) groups is 4. The Hall–Kier alpha value is -6.17. The van der Waals surface area contributed by atoms with Gasteiger partial charge in [0.15, 0.2) is 12.1 Å². The molecule has 0 saturated carbocycles. The van der Waals surface area contributed by atoms with Crippen molar-refractivity contribution < 1.29 is 38.1 Å². The topological polar surface area (TPSA) is 168 Å². The van der Waals surface area contributed by atoms with Gasteiger partial charge in [-0.25, -0.2) is 24.2 Å². The molecule has 0 aromatic heterocycles. The molecule has 0 heterocycles. The summed E-state index contributed by atoms with van der Waals surface area (Å²) in [6, 6.07) is 31.7. The Labute approximate surface area is 348 Å². The molecule has 0 aliphatic heterocycles. The van der Waals surface area contributed by atoms with Crippen molar-refractivity contribution in [3.8, 4) is 0 Å². The third-order valence-electron chi connectivity index (χ3n) is 7.44. The van der Waals surface area contributed by atoms with Crippen LogP contribution < -0.4 is 16.4 Å². The van der Waals surface area contributed by atoms with Crippen molar-refractivity contribution in [2.45, 2.75) is 118 Å². The average molecular weight is 809 g/mol. The lowest BCUT2D eigenvalue weighted by Crippen LogP contribution is -2.40. The van der Waals surface area contributed by atoms with E-state index in [4.69, 9.17) is 29.7 Å². The Bertz CT molecular complexity index is 1980. The van der Waals surface area contributed by atoms with Crippen molar-refractivity contribution in [3.63, 3.8) is 0 Å². The zero-order valence-corrected chi connectivity index (χ0v) is 36.3. The number of aliphatic imine (C=N–C) groups is 1. The first-order valence-electron chi connectivity index (χ1n) is 19.4. The number of nitrogens with one attached hydrogen (secondary N) is 2. The summed E-state index contributed by atoms with van der Waals surface area (Å²) in [5, 5.41) is 5.21. The zero-order chi connectivity index (χ0) is 44.2. The van der Waals surface area contributed by atoms with Gasteiger partial charge in [-0.15, -0.1) is 0 Å². The maximum absolute atomic E-state index is 13.0. The van der Waals surface area contributed by atoms with Gasteiger partial charge >= 0.3 is 24.1 Å². The van der Waals surface area contributed by atoms with E-state index >= 15 is 0 Å². The van der Waals surface area contributed by atoms with Crippen molar-refractivity contribution in [1.29, 1.82) is 0 Å². The number of hydrogen-bond acceptors (Lipinski definition) is 10. The highest BCUT2D eigenvalue weighted by atomic mass is 16.6. The summed E-state index contributed by atoms with van der Waals surface area (Å²) in [7, 11) is 0. The summed E-state index contributed by atoms with van der Waals surface area (Å²) >= 11 is 0. The van der Waals surface area contributed by atoms with Crippen molar-refractivity contribution in [2.24, 2.45) is 4.99 Å². The Balaban J connectivity index is 0.000000349. The van der Waals surface area contributed by atoms with Gasteiger partial charge in [0, 0.05) is 16.8 Å². The number of carbonyl (C=O) groups excluding carboxylic acids is 4. The molecular weight excluding hydrogens is 749 g/mol. The summed E-state index contributed by atoms with van der Waals surface area (Å²) < 4.78 is 21.5. The molecule has 0 radical (unpaired) electrons. The molecule has 0 bridgehead atoms. The predicted molar refractivity (Wildman–Crippen MR) is 231 cm³/mol. The lowest BCUT2D eigenvalue weighted by atomic mass is 10.0. The first-order chi connectivity index (χ1) is 27.3.